The van der Waals surface area contributed by atoms with E-state index in [4.69, 9.17) is 5.53 Å². The number of nitrogens with zero attached hydrogens (tertiary/aromatic N) is 2. The molecule has 8 nitrogen and oxygen atoms in total. The Kier molecular flexibility index (Phi) is 7.80. The number of rotatable bonds is 9. The first-order valence-corrected chi connectivity index (χ1v) is 11.7. The Morgan fingerprint density at radius 1 is 1.05 bits per heavy atom. The van der Waals surface area contributed by atoms with Gasteiger partial charge >= 0.3 is 6.18 Å². The van der Waals surface area contributed by atoms with E-state index in [1.165, 1.54) is 12.6 Å². The molecular formula is C26H25F3N6O2. The summed E-state index contributed by atoms with van der Waals surface area (Å²) in [4.78, 5) is 30.1. The van der Waals surface area contributed by atoms with Crippen molar-refractivity contribution >= 4 is 28.3 Å². The van der Waals surface area contributed by atoms with Crippen LogP contribution in [0, 0.1) is 11.4 Å². The molecule has 2 amide bonds. The fourth-order valence-corrected chi connectivity index (χ4v) is 4.04. The van der Waals surface area contributed by atoms with Crippen molar-refractivity contribution in [2.75, 3.05) is 11.9 Å². The standard InChI is InChI=1S/C26H25F3N6O2/c27-26(28,29)22(35-30)15-31-14-17-10-11-20(19-8-2-1-7-18(17)19)24(36)34-21-9-4-12-32-23(21)25(37)33-13-16-5-3-6-16/h1-2,4,7-12,15-16,30-31H,3,5-6,13-14H2,(H,33,37)(H,34,36)/b22-15-,35-30?. The van der Waals surface area contributed by atoms with Gasteiger partial charge in [-0.3, -0.25) is 9.59 Å². The summed E-state index contributed by atoms with van der Waals surface area (Å²) in [6.07, 6.45) is 0.729. The number of halogens is 3. The normalized spacial score (nSPS) is 14.1. The number of anilines is 1. The highest BCUT2D eigenvalue weighted by Crippen LogP contribution is 2.27. The second-order valence-corrected chi connectivity index (χ2v) is 8.70. The maximum Gasteiger partial charge on any atom is 0.436 e. The van der Waals surface area contributed by atoms with Gasteiger partial charge < -0.3 is 16.0 Å². The molecule has 0 aliphatic heterocycles. The number of alkyl halides is 3. The average molecular weight is 511 g/mol. The lowest BCUT2D eigenvalue weighted by Crippen LogP contribution is -2.33. The van der Waals surface area contributed by atoms with E-state index in [0.717, 1.165) is 12.8 Å². The maximum absolute atomic E-state index is 13.2. The maximum atomic E-state index is 13.2. The summed E-state index contributed by atoms with van der Waals surface area (Å²) in [5.74, 6) is -0.342. The SMILES string of the molecule is N=N/C(=C\NCc1ccc(C(=O)Nc2cccnc2C(=O)NCC2CCC2)c2ccccc12)C(F)(F)F. The minimum absolute atomic E-state index is 0.0193. The molecule has 1 fully saturated rings. The monoisotopic (exact) mass is 510 g/mol. The second-order valence-electron chi connectivity index (χ2n) is 8.70. The number of carbonyl (C=O) groups is 2. The van der Waals surface area contributed by atoms with E-state index in [2.05, 4.69) is 26.0 Å². The van der Waals surface area contributed by atoms with Crippen LogP contribution in [-0.4, -0.2) is 29.5 Å². The number of nitrogens with one attached hydrogen (secondary N) is 4. The summed E-state index contributed by atoms with van der Waals surface area (Å²) < 4.78 is 38.4. The van der Waals surface area contributed by atoms with E-state index in [1.54, 1.807) is 48.5 Å². The number of hydrogen-bond donors (Lipinski definition) is 4. The largest absolute Gasteiger partial charge is 0.436 e. The van der Waals surface area contributed by atoms with E-state index in [1.807, 2.05) is 0 Å². The highest BCUT2D eigenvalue weighted by atomic mass is 19.4. The number of carbonyl (C=O) groups excluding carboxylic acids is 2. The van der Waals surface area contributed by atoms with Crippen molar-refractivity contribution < 1.29 is 22.8 Å². The quantitative estimate of drug-likeness (QED) is 0.283. The van der Waals surface area contributed by atoms with E-state index < -0.39 is 17.8 Å². The van der Waals surface area contributed by atoms with Crippen LogP contribution in [0.2, 0.25) is 0 Å². The molecular weight excluding hydrogens is 485 g/mol. The van der Waals surface area contributed by atoms with Crippen molar-refractivity contribution in [1.29, 1.82) is 5.53 Å². The van der Waals surface area contributed by atoms with Crippen LogP contribution in [0.3, 0.4) is 0 Å². The smallest absolute Gasteiger partial charge is 0.385 e. The molecule has 0 unspecified atom stereocenters. The van der Waals surface area contributed by atoms with Crippen molar-refractivity contribution in [3.63, 3.8) is 0 Å². The van der Waals surface area contributed by atoms with Gasteiger partial charge in [-0.1, -0.05) is 36.8 Å². The van der Waals surface area contributed by atoms with E-state index >= 15 is 0 Å². The van der Waals surface area contributed by atoms with Gasteiger partial charge in [0.2, 0.25) is 0 Å². The summed E-state index contributed by atoms with van der Waals surface area (Å²) >= 11 is 0. The van der Waals surface area contributed by atoms with Gasteiger partial charge in [0.15, 0.2) is 11.4 Å². The zero-order chi connectivity index (χ0) is 26.4. The molecule has 0 saturated heterocycles. The van der Waals surface area contributed by atoms with Crippen LogP contribution >= 0.6 is 0 Å². The van der Waals surface area contributed by atoms with E-state index in [-0.39, 0.29) is 23.8 Å². The first-order valence-electron chi connectivity index (χ1n) is 11.7. The molecule has 0 atom stereocenters. The molecule has 1 aliphatic rings. The Hall–Kier alpha value is -4.28. The number of hydrogen-bond acceptors (Lipinski definition) is 6. The number of amides is 2. The van der Waals surface area contributed by atoms with Gasteiger partial charge in [0.05, 0.1) is 5.69 Å². The third kappa shape index (κ3) is 6.11. The molecule has 2 aromatic carbocycles. The van der Waals surface area contributed by atoms with Crippen LogP contribution in [0.25, 0.3) is 10.8 Å². The molecule has 0 spiro atoms. The molecule has 37 heavy (non-hydrogen) atoms. The zero-order valence-corrected chi connectivity index (χ0v) is 19.7. The number of aromatic nitrogens is 1. The zero-order valence-electron chi connectivity index (χ0n) is 19.7. The molecule has 1 aromatic heterocycles. The molecule has 4 N–H and O–H groups in total. The Balaban J connectivity index is 1.53. The van der Waals surface area contributed by atoms with Crippen molar-refractivity contribution in [3.05, 3.63) is 83.4 Å². The van der Waals surface area contributed by atoms with Crippen molar-refractivity contribution in [3.8, 4) is 0 Å². The van der Waals surface area contributed by atoms with Crippen molar-refractivity contribution in [2.24, 2.45) is 11.0 Å². The van der Waals surface area contributed by atoms with Crippen LogP contribution in [0.15, 0.2) is 71.7 Å². The molecule has 0 radical (unpaired) electrons. The highest BCUT2D eigenvalue weighted by Gasteiger charge is 2.34. The Bertz CT molecular complexity index is 1350. The number of pyridine rings is 1. The first kappa shape index (κ1) is 25.8. The van der Waals surface area contributed by atoms with Gasteiger partial charge in [-0.15, -0.1) is 0 Å². The Labute approximate surface area is 210 Å². The van der Waals surface area contributed by atoms with Gasteiger partial charge in [-0.05, 0) is 53.3 Å². The molecule has 11 heteroatoms. The third-order valence-electron chi connectivity index (χ3n) is 6.25. The number of benzene rings is 2. The van der Waals surface area contributed by atoms with Gasteiger partial charge in [0.1, 0.15) is 0 Å². The van der Waals surface area contributed by atoms with Crippen LogP contribution in [0.1, 0.15) is 45.7 Å². The average Bonchev–Trinajstić information content (AvgIpc) is 2.85. The first-order chi connectivity index (χ1) is 17.8. The summed E-state index contributed by atoms with van der Waals surface area (Å²) in [6, 6.07) is 13.4. The lowest BCUT2D eigenvalue weighted by molar-refractivity contribution is -0.0936. The fourth-order valence-electron chi connectivity index (χ4n) is 4.04. The summed E-state index contributed by atoms with van der Waals surface area (Å²) in [5.41, 5.74) is 6.73. The minimum Gasteiger partial charge on any atom is -0.385 e. The molecule has 192 valence electrons. The second kappa shape index (κ2) is 11.2. The fraction of sp³-hybridized carbons (Fsp3) is 0.269. The van der Waals surface area contributed by atoms with E-state index in [0.29, 0.717) is 40.6 Å². The van der Waals surface area contributed by atoms with Gasteiger partial charge in [-0.2, -0.15) is 18.3 Å². The van der Waals surface area contributed by atoms with Gasteiger partial charge in [-0.25, -0.2) is 10.5 Å². The minimum atomic E-state index is -4.74. The van der Waals surface area contributed by atoms with Crippen molar-refractivity contribution in [2.45, 2.75) is 32.0 Å². The van der Waals surface area contributed by atoms with E-state index in [9.17, 15) is 22.8 Å². The van der Waals surface area contributed by atoms with Crippen LogP contribution in [-0.2, 0) is 6.54 Å². The molecule has 1 aliphatic carbocycles. The molecule has 3 aromatic rings. The topological polar surface area (TPSA) is 119 Å². The summed E-state index contributed by atoms with van der Waals surface area (Å²) in [6.45, 7) is 0.587. The molecule has 1 heterocycles. The molecule has 0 bridgehead atoms. The lowest BCUT2D eigenvalue weighted by Gasteiger charge is -2.25. The highest BCUT2D eigenvalue weighted by molar-refractivity contribution is 6.15. The molecule has 1 saturated carbocycles. The lowest BCUT2D eigenvalue weighted by atomic mass is 9.85. The summed E-state index contributed by atoms with van der Waals surface area (Å²) in [7, 11) is 0. The Morgan fingerprint density at radius 2 is 1.81 bits per heavy atom. The Morgan fingerprint density at radius 3 is 2.49 bits per heavy atom. The van der Waals surface area contributed by atoms with Gasteiger partial charge in [0, 0.05) is 31.0 Å². The number of allylic oxidation sites excluding steroid dienone is 1. The van der Waals surface area contributed by atoms with Crippen molar-refractivity contribution in [1.82, 2.24) is 15.6 Å². The van der Waals surface area contributed by atoms with Crippen LogP contribution in [0.4, 0.5) is 18.9 Å². The molecule has 4 rings (SSSR count). The van der Waals surface area contributed by atoms with Crippen LogP contribution in [0.5, 0.6) is 0 Å². The predicted molar refractivity (Wildman–Crippen MR) is 132 cm³/mol. The van der Waals surface area contributed by atoms with Crippen LogP contribution < -0.4 is 16.0 Å². The third-order valence-corrected chi connectivity index (χ3v) is 6.25. The van der Waals surface area contributed by atoms with Gasteiger partial charge in [0.25, 0.3) is 11.8 Å². The summed E-state index contributed by atoms with van der Waals surface area (Å²) in [5, 5.41) is 12.0. The predicted octanol–water partition coefficient (Wildman–Crippen LogP) is 5.54. The number of fused-ring (bicyclic) bond motifs is 1.